The van der Waals surface area contributed by atoms with Crippen LogP contribution in [-0.2, 0) is 10.4 Å². The second-order valence-electron chi connectivity index (χ2n) is 10.1. The molecule has 2 aliphatic heterocycles. The van der Waals surface area contributed by atoms with E-state index in [-0.39, 0.29) is 17.7 Å². The zero-order valence-corrected chi connectivity index (χ0v) is 20.4. The molecule has 188 valence electrons. The average Bonchev–Trinajstić information content (AvgIpc) is 3.32. The molecule has 5 rings (SSSR count). The molecule has 0 saturated carbocycles. The number of halogens is 2. The van der Waals surface area contributed by atoms with E-state index in [0.29, 0.717) is 37.6 Å². The average molecular weight is 493 g/mol. The molecule has 6 nitrogen and oxygen atoms in total. The number of anilines is 1. The molecule has 1 aromatic heterocycles. The third-order valence-corrected chi connectivity index (χ3v) is 7.93. The molecule has 1 N–H and O–H groups in total. The van der Waals surface area contributed by atoms with Crippen LogP contribution in [0.3, 0.4) is 0 Å². The van der Waals surface area contributed by atoms with E-state index in [1.165, 1.54) is 18.5 Å². The predicted molar refractivity (Wildman–Crippen MR) is 132 cm³/mol. The molecule has 1 amide bonds. The largest absolute Gasteiger partial charge is 0.384 e. The van der Waals surface area contributed by atoms with Crippen molar-refractivity contribution in [2.24, 2.45) is 17.8 Å². The molecule has 0 aliphatic carbocycles. The van der Waals surface area contributed by atoms with Gasteiger partial charge in [0.25, 0.3) is 0 Å². The topological polar surface area (TPSA) is 69.6 Å². The number of aliphatic hydroxyl groups is 1. The first-order chi connectivity index (χ1) is 17.3. The summed E-state index contributed by atoms with van der Waals surface area (Å²) in [5, 5.41) is 11.7. The van der Waals surface area contributed by atoms with E-state index < -0.39 is 29.1 Å². The standard InChI is InChI=1S/C28H30F2N4O2/c1-18-13-34(14-19(2)28(18,36)20-6-4-3-5-7-20)27(35)24-16-33(26-10-11-31-17-32-26)15-23(24)22-9-8-21(29)12-25(22)30/h3-12,17-19,23-24,36H,13-16H2,1-2H3/t18-,19+,23-,24+,28?/m1/s1. The molecule has 3 heterocycles. The maximum absolute atomic E-state index is 14.9. The van der Waals surface area contributed by atoms with Crippen molar-refractivity contribution in [3.63, 3.8) is 0 Å². The van der Waals surface area contributed by atoms with Crippen molar-refractivity contribution < 1.29 is 18.7 Å². The van der Waals surface area contributed by atoms with Gasteiger partial charge in [0.05, 0.1) is 11.5 Å². The summed E-state index contributed by atoms with van der Waals surface area (Å²) in [5.74, 6) is -2.14. The normalized spacial score (nSPS) is 28.4. The second-order valence-corrected chi connectivity index (χ2v) is 10.1. The minimum atomic E-state index is -1.05. The Labute approximate surface area is 209 Å². The fraction of sp³-hybridized carbons (Fsp3) is 0.393. The van der Waals surface area contributed by atoms with Gasteiger partial charge in [-0.1, -0.05) is 50.2 Å². The number of hydrogen-bond donors (Lipinski definition) is 1. The van der Waals surface area contributed by atoms with Crippen molar-refractivity contribution in [2.45, 2.75) is 25.4 Å². The van der Waals surface area contributed by atoms with Gasteiger partial charge in [-0.25, -0.2) is 18.7 Å². The molecule has 0 bridgehead atoms. The van der Waals surface area contributed by atoms with Crippen LogP contribution in [0.4, 0.5) is 14.6 Å². The van der Waals surface area contributed by atoms with Crippen LogP contribution in [0.2, 0.25) is 0 Å². The highest BCUT2D eigenvalue weighted by atomic mass is 19.1. The first kappa shape index (κ1) is 24.3. The Balaban J connectivity index is 1.43. The van der Waals surface area contributed by atoms with Crippen LogP contribution < -0.4 is 4.90 Å². The zero-order chi connectivity index (χ0) is 25.4. The quantitative estimate of drug-likeness (QED) is 0.597. The molecule has 3 aromatic rings. The lowest BCUT2D eigenvalue weighted by Crippen LogP contribution is -2.57. The molecular formula is C28H30F2N4O2. The molecule has 5 atom stereocenters. The van der Waals surface area contributed by atoms with E-state index in [0.717, 1.165) is 11.6 Å². The molecule has 2 fully saturated rings. The molecule has 0 radical (unpaired) electrons. The van der Waals surface area contributed by atoms with Gasteiger partial charge in [0.15, 0.2) is 0 Å². The predicted octanol–water partition coefficient (Wildman–Crippen LogP) is 3.98. The van der Waals surface area contributed by atoms with Gasteiger partial charge in [-0.15, -0.1) is 0 Å². The van der Waals surface area contributed by atoms with Gasteiger partial charge in [-0.3, -0.25) is 4.79 Å². The molecule has 8 heteroatoms. The van der Waals surface area contributed by atoms with E-state index in [1.54, 1.807) is 17.2 Å². The van der Waals surface area contributed by atoms with Crippen LogP contribution in [0.15, 0.2) is 67.1 Å². The Morgan fingerprint density at radius 2 is 1.72 bits per heavy atom. The number of carbonyl (C=O) groups is 1. The van der Waals surface area contributed by atoms with Crippen LogP contribution >= 0.6 is 0 Å². The first-order valence-electron chi connectivity index (χ1n) is 12.3. The summed E-state index contributed by atoms with van der Waals surface area (Å²) in [6, 6.07) is 14.9. The molecule has 36 heavy (non-hydrogen) atoms. The van der Waals surface area contributed by atoms with Crippen LogP contribution in [0, 0.1) is 29.4 Å². The minimum Gasteiger partial charge on any atom is -0.384 e. The zero-order valence-electron chi connectivity index (χ0n) is 20.4. The summed E-state index contributed by atoms with van der Waals surface area (Å²) in [6.07, 6.45) is 3.07. The number of carbonyl (C=O) groups excluding carboxylic acids is 1. The van der Waals surface area contributed by atoms with Gasteiger partial charge >= 0.3 is 0 Å². The monoisotopic (exact) mass is 492 g/mol. The first-order valence-corrected chi connectivity index (χ1v) is 12.3. The second kappa shape index (κ2) is 9.58. The lowest BCUT2D eigenvalue weighted by molar-refractivity contribution is -0.152. The van der Waals surface area contributed by atoms with Gasteiger partial charge in [0.1, 0.15) is 23.8 Å². The SMILES string of the molecule is C[C@@H]1CN(C(=O)[C@H]2CN(c3ccncn3)C[C@@H]2c2ccc(F)cc2F)C[C@H](C)C1(O)c1ccccc1. The number of rotatable bonds is 4. The van der Waals surface area contributed by atoms with Crippen molar-refractivity contribution in [1.82, 2.24) is 14.9 Å². The van der Waals surface area contributed by atoms with Crippen LogP contribution in [-0.4, -0.2) is 52.1 Å². The number of amides is 1. The molecule has 1 unspecified atom stereocenters. The van der Waals surface area contributed by atoms with E-state index in [2.05, 4.69) is 9.97 Å². The van der Waals surface area contributed by atoms with Crippen molar-refractivity contribution >= 4 is 11.7 Å². The highest BCUT2D eigenvalue weighted by molar-refractivity contribution is 5.82. The Morgan fingerprint density at radius 1 is 1.00 bits per heavy atom. The lowest BCUT2D eigenvalue weighted by atomic mass is 9.70. The van der Waals surface area contributed by atoms with Crippen LogP contribution in [0.5, 0.6) is 0 Å². The number of likely N-dealkylation sites (tertiary alicyclic amines) is 1. The molecule has 2 saturated heterocycles. The van der Waals surface area contributed by atoms with Crippen molar-refractivity contribution in [2.75, 3.05) is 31.1 Å². The highest BCUT2D eigenvalue weighted by Crippen LogP contribution is 2.43. The van der Waals surface area contributed by atoms with Gasteiger partial charge in [0.2, 0.25) is 5.91 Å². The Hall–Kier alpha value is -3.39. The third kappa shape index (κ3) is 4.23. The highest BCUT2D eigenvalue weighted by Gasteiger charge is 2.49. The maximum Gasteiger partial charge on any atom is 0.228 e. The van der Waals surface area contributed by atoms with Crippen LogP contribution in [0.1, 0.15) is 30.9 Å². The van der Waals surface area contributed by atoms with Crippen molar-refractivity contribution in [3.8, 4) is 0 Å². The number of hydrogen-bond acceptors (Lipinski definition) is 5. The third-order valence-electron chi connectivity index (χ3n) is 7.93. The Morgan fingerprint density at radius 3 is 2.36 bits per heavy atom. The fourth-order valence-corrected chi connectivity index (χ4v) is 6.02. The summed E-state index contributed by atoms with van der Waals surface area (Å²) in [4.78, 5) is 26.0. The molecule has 0 spiro atoms. The molecule has 2 aliphatic rings. The van der Waals surface area contributed by atoms with Gasteiger partial charge in [-0.05, 0) is 23.3 Å². The number of aromatic nitrogens is 2. The van der Waals surface area contributed by atoms with Crippen LogP contribution in [0.25, 0.3) is 0 Å². The number of benzene rings is 2. The summed E-state index contributed by atoms with van der Waals surface area (Å²) < 4.78 is 28.5. The fourth-order valence-electron chi connectivity index (χ4n) is 6.02. The Bertz CT molecular complexity index is 1210. The minimum absolute atomic E-state index is 0.0888. The number of nitrogens with zero attached hydrogens (tertiary/aromatic N) is 4. The summed E-state index contributed by atoms with van der Waals surface area (Å²) in [7, 11) is 0. The maximum atomic E-state index is 14.9. The lowest BCUT2D eigenvalue weighted by Gasteiger charge is -2.48. The van der Waals surface area contributed by atoms with Crippen molar-refractivity contribution in [3.05, 3.63) is 89.9 Å². The van der Waals surface area contributed by atoms with E-state index in [9.17, 15) is 18.7 Å². The van der Waals surface area contributed by atoms with Gasteiger partial charge in [0, 0.05) is 56.2 Å². The summed E-state index contributed by atoms with van der Waals surface area (Å²) >= 11 is 0. The molecular weight excluding hydrogens is 462 g/mol. The van der Waals surface area contributed by atoms with Gasteiger partial charge < -0.3 is 14.9 Å². The van der Waals surface area contributed by atoms with E-state index in [4.69, 9.17) is 0 Å². The smallest absolute Gasteiger partial charge is 0.228 e. The van der Waals surface area contributed by atoms with E-state index >= 15 is 0 Å². The summed E-state index contributed by atoms with van der Waals surface area (Å²) in [5.41, 5.74) is 0.118. The Kier molecular flexibility index (Phi) is 6.47. The molecule has 2 aromatic carbocycles. The van der Waals surface area contributed by atoms with E-state index in [1.807, 2.05) is 49.1 Å². The van der Waals surface area contributed by atoms with Crippen molar-refractivity contribution in [1.29, 1.82) is 0 Å². The summed E-state index contributed by atoms with van der Waals surface area (Å²) in [6.45, 7) is 5.43. The van der Waals surface area contributed by atoms with Gasteiger partial charge in [-0.2, -0.15) is 0 Å². The number of piperidine rings is 1.